The number of rotatable bonds is 5. The number of nitrogens with one attached hydrogen (secondary N) is 2. The summed E-state index contributed by atoms with van der Waals surface area (Å²) in [5, 5.41) is 11.5. The van der Waals surface area contributed by atoms with Gasteiger partial charge in [0.05, 0.1) is 5.69 Å². The minimum absolute atomic E-state index is 0.00547. The van der Waals surface area contributed by atoms with Gasteiger partial charge in [0.1, 0.15) is 11.4 Å². The van der Waals surface area contributed by atoms with Gasteiger partial charge < -0.3 is 15.4 Å². The molecule has 0 saturated heterocycles. The number of aryl methyl sites for hydroxylation is 1. The average Bonchev–Trinajstić information content (AvgIpc) is 3.19. The number of aliphatic hydroxyl groups excluding tert-OH is 1. The molecule has 1 heterocycles. The van der Waals surface area contributed by atoms with Crippen LogP contribution in [0, 0.1) is 12.8 Å². The van der Waals surface area contributed by atoms with Crippen molar-refractivity contribution in [3.05, 3.63) is 27.4 Å². The van der Waals surface area contributed by atoms with Crippen molar-refractivity contribution in [2.45, 2.75) is 32.6 Å². The number of carbonyl (C=O) groups excluding carboxylic acids is 1. The maximum Gasteiger partial charge on any atom is 0.264 e. The summed E-state index contributed by atoms with van der Waals surface area (Å²) in [6, 6.07) is 0. The minimum Gasteiger partial charge on any atom is -0.396 e. The topological polar surface area (TPSA) is 95.1 Å². The SMILES string of the molecule is Cc1nc(C2CC2)[nH]c(=O)c1C(=O)NCC(C)CO. The quantitative estimate of drug-likeness (QED) is 0.714. The first-order valence-corrected chi connectivity index (χ1v) is 6.52. The molecule has 0 bridgehead atoms. The molecule has 3 N–H and O–H groups in total. The fourth-order valence-electron chi connectivity index (χ4n) is 1.85. The summed E-state index contributed by atoms with van der Waals surface area (Å²) in [4.78, 5) is 30.9. The van der Waals surface area contributed by atoms with Gasteiger partial charge in [-0.15, -0.1) is 0 Å². The normalized spacial score (nSPS) is 16.2. The van der Waals surface area contributed by atoms with Crippen molar-refractivity contribution in [3.63, 3.8) is 0 Å². The van der Waals surface area contributed by atoms with Gasteiger partial charge in [-0.2, -0.15) is 0 Å². The lowest BCUT2D eigenvalue weighted by atomic mass is 10.1. The first-order valence-electron chi connectivity index (χ1n) is 6.52. The van der Waals surface area contributed by atoms with Crippen LogP contribution < -0.4 is 10.9 Å². The molecule has 19 heavy (non-hydrogen) atoms. The molecule has 0 aromatic carbocycles. The van der Waals surface area contributed by atoms with E-state index in [4.69, 9.17) is 5.11 Å². The van der Waals surface area contributed by atoms with Crippen LogP contribution in [0.25, 0.3) is 0 Å². The van der Waals surface area contributed by atoms with Crippen molar-refractivity contribution in [2.24, 2.45) is 5.92 Å². The smallest absolute Gasteiger partial charge is 0.264 e. The second-order valence-electron chi connectivity index (χ2n) is 5.18. The molecular formula is C13H19N3O3. The van der Waals surface area contributed by atoms with Gasteiger partial charge in [0.25, 0.3) is 11.5 Å². The van der Waals surface area contributed by atoms with Crippen LogP contribution in [0.2, 0.25) is 0 Å². The Hall–Kier alpha value is -1.69. The van der Waals surface area contributed by atoms with E-state index >= 15 is 0 Å². The molecule has 104 valence electrons. The second-order valence-corrected chi connectivity index (χ2v) is 5.18. The zero-order chi connectivity index (χ0) is 14.0. The molecule has 0 aliphatic heterocycles. The highest BCUT2D eigenvalue weighted by Gasteiger charge is 2.27. The van der Waals surface area contributed by atoms with E-state index in [1.54, 1.807) is 6.92 Å². The van der Waals surface area contributed by atoms with Crippen LogP contribution in [-0.2, 0) is 0 Å². The molecule has 1 atom stereocenters. The van der Waals surface area contributed by atoms with Crippen molar-refractivity contribution in [3.8, 4) is 0 Å². The molecule has 6 heteroatoms. The number of nitrogens with zero attached hydrogens (tertiary/aromatic N) is 1. The number of H-pyrrole nitrogens is 1. The van der Waals surface area contributed by atoms with Gasteiger partial charge in [0, 0.05) is 19.1 Å². The number of amides is 1. The molecule has 1 aromatic heterocycles. The number of carbonyl (C=O) groups is 1. The highest BCUT2D eigenvalue weighted by Crippen LogP contribution is 2.37. The minimum atomic E-state index is -0.436. The molecule has 6 nitrogen and oxygen atoms in total. The van der Waals surface area contributed by atoms with E-state index in [-0.39, 0.29) is 23.6 Å². The van der Waals surface area contributed by atoms with Crippen LogP contribution in [-0.4, -0.2) is 34.1 Å². The van der Waals surface area contributed by atoms with Crippen molar-refractivity contribution in [2.75, 3.05) is 13.2 Å². The summed E-state index contributed by atoms with van der Waals surface area (Å²) in [7, 11) is 0. The van der Waals surface area contributed by atoms with Crippen molar-refractivity contribution < 1.29 is 9.90 Å². The Balaban J connectivity index is 2.15. The summed E-state index contributed by atoms with van der Waals surface area (Å²) in [6.45, 7) is 3.81. The number of hydrogen-bond donors (Lipinski definition) is 3. The molecule has 1 saturated carbocycles. The summed E-state index contributed by atoms with van der Waals surface area (Å²) in [5.74, 6) is 0.552. The van der Waals surface area contributed by atoms with Crippen LogP contribution >= 0.6 is 0 Å². The first kappa shape index (κ1) is 13.7. The van der Waals surface area contributed by atoms with Crippen LogP contribution in [0.1, 0.15) is 47.6 Å². The molecule has 1 aliphatic rings. The van der Waals surface area contributed by atoms with E-state index in [2.05, 4.69) is 15.3 Å². The van der Waals surface area contributed by atoms with Crippen molar-refractivity contribution in [1.29, 1.82) is 0 Å². The zero-order valence-electron chi connectivity index (χ0n) is 11.2. The largest absolute Gasteiger partial charge is 0.396 e. The van der Waals surface area contributed by atoms with Crippen LogP contribution in [0.5, 0.6) is 0 Å². The predicted molar refractivity (Wildman–Crippen MR) is 70.2 cm³/mol. The number of aliphatic hydroxyl groups is 1. The van der Waals surface area contributed by atoms with Gasteiger partial charge in [-0.25, -0.2) is 4.98 Å². The third-order valence-electron chi connectivity index (χ3n) is 3.23. The van der Waals surface area contributed by atoms with Gasteiger partial charge in [-0.3, -0.25) is 9.59 Å². The zero-order valence-corrected chi connectivity index (χ0v) is 11.2. The molecule has 1 unspecified atom stereocenters. The van der Waals surface area contributed by atoms with E-state index < -0.39 is 5.91 Å². The Bertz CT molecular complexity index is 534. The molecule has 1 aromatic rings. The van der Waals surface area contributed by atoms with Gasteiger partial charge in [-0.1, -0.05) is 6.92 Å². The lowest BCUT2D eigenvalue weighted by Gasteiger charge is -2.10. The Labute approximate surface area is 111 Å². The predicted octanol–water partition coefficient (Wildman–Crippen LogP) is 0.314. The molecule has 1 aliphatic carbocycles. The molecular weight excluding hydrogens is 246 g/mol. The standard InChI is InChI=1S/C13H19N3O3/c1-7(6-17)5-14-12(18)10-8(2)15-11(9-3-4-9)16-13(10)19/h7,9,17H,3-6H2,1-2H3,(H,14,18)(H,15,16,19). The molecule has 1 amide bonds. The molecule has 0 radical (unpaired) electrons. The summed E-state index contributed by atoms with van der Waals surface area (Å²) < 4.78 is 0. The highest BCUT2D eigenvalue weighted by atomic mass is 16.3. The van der Waals surface area contributed by atoms with Crippen LogP contribution in [0.4, 0.5) is 0 Å². The van der Waals surface area contributed by atoms with E-state index in [0.717, 1.165) is 12.8 Å². The Morgan fingerprint density at radius 1 is 1.58 bits per heavy atom. The molecule has 0 spiro atoms. The van der Waals surface area contributed by atoms with E-state index in [1.165, 1.54) is 0 Å². The number of aromatic amines is 1. The summed E-state index contributed by atoms with van der Waals surface area (Å²) in [5.41, 5.74) is 0.137. The van der Waals surface area contributed by atoms with Crippen molar-refractivity contribution >= 4 is 5.91 Å². The Kier molecular flexibility index (Phi) is 3.99. The van der Waals surface area contributed by atoms with Gasteiger partial charge in [-0.05, 0) is 25.7 Å². The number of aromatic nitrogens is 2. The molecule has 2 rings (SSSR count). The Morgan fingerprint density at radius 2 is 2.26 bits per heavy atom. The third kappa shape index (κ3) is 3.20. The van der Waals surface area contributed by atoms with Gasteiger partial charge >= 0.3 is 0 Å². The average molecular weight is 265 g/mol. The van der Waals surface area contributed by atoms with Gasteiger partial charge in [0.15, 0.2) is 0 Å². The number of hydrogen-bond acceptors (Lipinski definition) is 4. The highest BCUT2D eigenvalue weighted by molar-refractivity contribution is 5.94. The van der Waals surface area contributed by atoms with E-state index in [0.29, 0.717) is 24.0 Å². The fraction of sp³-hybridized carbons (Fsp3) is 0.615. The van der Waals surface area contributed by atoms with Gasteiger partial charge in [0.2, 0.25) is 0 Å². The first-order chi connectivity index (χ1) is 9.02. The summed E-state index contributed by atoms with van der Waals surface area (Å²) in [6.07, 6.45) is 2.09. The fourth-order valence-corrected chi connectivity index (χ4v) is 1.85. The van der Waals surface area contributed by atoms with Crippen molar-refractivity contribution in [1.82, 2.24) is 15.3 Å². The van der Waals surface area contributed by atoms with E-state index in [9.17, 15) is 9.59 Å². The van der Waals surface area contributed by atoms with E-state index in [1.807, 2.05) is 6.92 Å². The maximum atomic E-state index is 12.0. The lowest BCUT2D eigenvalue weighted by molar-refractivity contribution is 0.0939. The lowest BCUT2D eigenvalue weighted by Crippen LogP contribution is -2.35. The maximum absolute atomic E-state index is 12.0. The summed E-state index contributed by atoms with van der Waals surface area (Å²) >= 11 is 0. The van der Waals surface area contributed by atoms with Crippen LogP contribution in [0.3, 0.4) is 0 Å². The Morgan fingerprint density at radius 3 is 2.79 bits per heavy atom. The second kappa shape index (κ2) is 5.52. The third-order valence-corrected chi connectivity index (χ3v) is 3.23. The molecule has 1 fully saturated rings. The monoisotopic (exact) mass is 265 g/mol. The van der Waals surface area contributed by atoms with Crippen LogP contribution in [0.15, 0.2) is 4.79 Å².